The normalized spacial score (nSPS) is 12.1. The Labute approximate surface area is 114 Å². The van der Waals surface area contributed by atoms with Crippen LogP contribution in [0.2, 0.25) is 0 Å². The molecule has 0 aliphatic rings. The fourth-order valence-electron chi connectivity index (χ4n) is 1.62. The molecule has 19 heavy (non-hydrogen) atoms. The van der Waals surface area contributed by atoms with Gasteiger partial charge in [0.1, 0.15) is 10.8 Å². The molecular weight excluding hydrogens is 262 g/mol. The first kappa shape index (κ1) is 13.3. The number of nitrogens with zero attached hydrogens (tertiary/aromatic N) is 2. The topological polar surface area (TPSA) is 107 Å². The largest absolute Gasteiger partial charge is 0.397 e. The van der Waals surface area contributed by atoms with E-state index in [4.69, 9.17) is 11.5 Å². The van der Waals surface area contributed by atoms with Gasteiger partial charge in [0.2, 0.25) is 0 Å². The fraction of sp³-hybridized carbons (Fsp3) is 0.250. The smallest absolute Gasteiger partial charge is 0.252 e. The number of pyridine rings is 1. The number of hydrogen-bond acceptors (Lipinski definition) is 6. The fourth-order valence-corrected chi connectivity index (χ4v) is 2.40. The molecular formula is C12H15N5OS. The van der Waals surface area contributed by atoms with Crippen LogP contribution in [0.3, 0.4) is 0 Å². The third-order valence-electron chi connectivity index (χ3n) is 2.54. The summed E-state index contributed by atoms with van der Waals surface area (Å²) >= 11 is 1.59. The number of thiazole rings is 1. The van der Waals surface area contributed by atoms with E-state index in [-0.39, 0.29) is 11.6 Å². The van der Waals surface area contributed by atoms with E-state index in [0.717, 1.165) is 9.88 Å². The molecule has 1 amide bonds. The first-order valence-electron chi connectivity index (χ1n) is 5.71. The maximum absolute atomic E-state index is 11.4. The van der Waals surface area contributed by atoms with E-state index in [1.807, 2.05) is 20.0 Å². The second kappa shape index (κ2) is 5.23. The van der Waals surface area contributed by atoms with Crippen LogP contribution in [0.1, 0.15) is 33.2 Å². The summed E-state index contributed by atoms with van der Waals surface area (Å²) in [6.45, 7) is 3.94. The van der Waals surface area contributed by atoms with Gasteiger partial charge in [-0.15, -0.1) is 11.3 Å². The van der Waals surface area contributed by atoms with E-state index in [1.54, 1.807) is 11.3 Å². The zero-order valence-corrected chi connectivity index (χ0v) is 11.5. The molecule has 0 aliphatic heterocycles. The third kappa shape index (κ3) is 3.00. The van der Waals surface area contributed by atoms with Gasteiger partial charge in [-0.1, -0.05) is 0 Å². The van der Waals surface area contributed by atoms with E-state index in [1.165, 1.54) is 12.3 Å². The average Bonchev–Trinajstić information content (AvgIpc) is 2.78. The molecule has 7 heteroatoms. The molecule has 0 fully saturated rings. The van der Waals surface area contributed by atoms with Crippen LogP contribution in [0.25, 0.3) is 0 Å². The lowest BCUT2D eigenvalue weighted by atomic mass is 10.2. The molecule has 0 aliphatic carbocycles. The predicted octanol–water partition coefficient (Wildman–Crippen LogP) is 1.70. The minimum Gasteiger partial charge on any atom is -0.397 e. The van der Waals surface area contributed by atoms with Gasteiger partial charge >= 0.3 is 0 Å². The number of hydrogen-bond donors (Lipinski definition) is 3. The molecule has 0 spiro atoms. The summed E-state index contributed by atoms with van der Waals surface area (Å²) in [7, 11) is 0. The summed E-state index contributed by atoms with van der Waals surface area (Å²) in [6.07, 6.45) is 3.29. The van der Waals surface area contributed by atoms with Crippen LogP contribution in [0.4, 0.5) is 11.5 Å². The number of nitrogens with two attached hydrogens (primary N) is 2. The second-order valence-electron chi connectivity index (χ2n) is 4.20. The molecule has 1 atom stereocenters. The van der Waals surface area contributed by atoms with Gasteiger partial charge in [-0.05, 0) is 19.9 Å². The Hall–Kier alpha value is -2.15. The molecule has 2 rings (SSSR count). The van der Waals surface area contributed by atoms with Crippen LogP contribution in [0.5, 0.6) is 0 Å². The maximum Gasteiger partial charge on any atom is 0.252 e. The van der Waals surface area contributed by atoms with Crippen molar-refractivity contribution in [2.45, 2.75) is 19.9 Å². The van der Waals surface area contributed by atoms with Crippen LogP contribution in [-0.2, 0) is 0 Å². The van der Waals surface area contributed by atoms with Gasteiger partial charge in [-0.3, -0.25) is 4.79 Å². The van der Waals surface area contributed by atoms with Gasteiger partial charge in [-0.2, -0.15) is 0 Å². The maximum atomic E-state index is 11.4. The molecule has 0 saturated heterocycles. The number of amides is 1. The van der Waals surface area contributed by atoms with Crippen molar-refractivity contribution in [1.82, 2.24) is 9.97 Å². The minimum atomic E-state index is -0.565. The van der Waals surface area contributed by atoms with E-state index in [2.05, 4.69) is 15.3 Å². The quantitative estimate of drug-likeness (QED) is 0.788. The van der Waals surface area contributed by atoms with Crippen LogP contribution < -0.4 is 16.8 Å². The van der Waals surface area contributed by atoms with Crippen molar-refractivity contribution in [3.63, 3.8) is 0 Å². The van der Waals surface area contributed by atoms with Crippen molar-refractivity contribution in [3.8, 4) is 0 Å². The van der Waals surface area contributed by atoms with Crippen LogP contribution in [0.15, 0.2) is 18.5 Å². The Morgan fingerprint density at radius 1 is 1.42 bits per heavy atom. The Morgan fingerprint density at radius 2 is 2.16 bits per heavy atom. The molecule has 6 nitrogen and oxygen atoms in total. The molecule has 100 valence electrons. The molecule has 0 radical (unpaired) electrons. The van der Waals surface area contributed by atoms with E-state index < -0.39 is 5.91 Å². The number of nitrogen functional groups attached to an aromatic ring is 1. The SMILES string of the molecule is Cc1cnc(C(C)Nc2ncc(N)cc2C(N)=O)s1. The summed E-state index contributed by atoms with van der Waals surface area (Å²) in [5.74, 6) is -0.146. The average molecular weight is 277 g/mol. The lowest BCUT2D eigenvalue weighted by Crippen LogP contribution is -2.17. The van der Waals surface area contributed by atoms with Crippen molar-refractivity contribution < 1.29 is 4.79 Å². The molecule has 0 aromatic carbocycles. The van der Waals surface area contributed by atoms with E-state index in [0.29, 0.717) is 11.5 Å². The Balaban J connectivity index is 2.26. The molecule has 0 saturated carbocycles. The highest BCUT2D eigenvalue weighted by atomic mass is 32.1. The van der Waals surface area contributed by atoms with Crippen LogP contribution >= 0.6 is 11.3 Å². The number of nitrogens with one attached hydrogen (secondary N) is 1. The first-order chi connectivity index (χ1) is 8.97. The summed E-state index contributed by atoms with van der Waals surface area (Å²) < 4.78 is 0. The lowest BCUT2D eigenvalue weighted by Gasteiger charge is -2.14. The highest BCUT2D eigenvalue weighted by molar-refractivity contribution is 7.11. The molecule has 0 bridgehead atoms. The van der Waals surface area contributed by atoms with Gasteiger partial charge < -0.3 is 16.8 Å². The summed E-state index contributed by atoms with van der Waals surface area (Å²) in [5, 5.41) is 4.05. The Morgan fingerprint density at radius 3 is 2.74 bits per heavy atom. The number of anilines is 2. The Bertz CT molecular complexity index is 610. The predicted molar refractivity (Wildman–Crippen MR) is 76.1 cm³/mol. The molecule has 1 unspecified atom stereocenters. The molecule has 2 aromatic rings. The zero-order valence-electron chi connectivity index (χ0n) is 10.7. The Kier molecular flexibility index (Phi) is 3.66. The summed E-state index contributed by atoms with van der Waals surface area (Å²) in [6, 6.07) is 1.45. The summed E-state index contributed by atoms with van der Waals surface area (Å²) in [5.41, 5.74) is 11.6. The zero-order chi connectivity index (χ0) is 14.0. The lowest BCUT2D eigenvalue weighted by molar-refractivity contribution is 0.100. The summed E-state index contributed by atoms with van der Waals surface area (Å²) in [4.78, 5) is 20.9. The van der Waals surface area contributed by atoms with Gasteiger partial charge in [-0.25, -0.2) is 9.97 Å². The van der Waals surface area contributed by atoms with Crippen LogP contribution in [0, 0.1) is 6.92 Å². The molecule has 5 N–H and O–H groups in total. The molecule has 2 aromatic heterocycles. The monoisotopic (exact) mass is 277 g/mol. The number of rotatable bonds is 4. The number of primary amides is 1. The third-order valence-corrected chi connectivity index (χ3v) is 3.63. The number of carbonyl (C=O) groups excluding carboxylic acids is 1. The van der Waals surface area contributed by atoms with Crippen molar-refractivity contribution in [3.05, 3.63) is 33.9 Å². The van der Waals surface area contributed by atoms with Gasteiger partial charge in [0.05, 0.1) is 23.5 Å². The standard InChI is InChI=1S/C12H15N5OS/c1-6-4-16-12(19-6)7(2)17-11-9(10(14)18)3-8(13)5-15-11/h3-5,7H,13H2,1-2H3,(H2,14,18)(H,15,17). The highest BCUT2D eigenvalue weighted by Crippen LogP contribution is 2.24. The minimum absolute atomic E-state index is 0.0621. The van der Waals surface area contributed by atoms with Crippen molar-refractivity contribution in [2.75, 3.05) is 11.1 Å². The van der Waals surface area contributed by atoms with Crippen LogP contribution in [-0.4, -0.2) is 15.9 Å². The first-order valence-corrected chi connectivity index (χ1v) is 6.53. The number of carbonyl (C=O) groups is 1. The molecule has 2 heterocycles. The van der Waals surface area contributed by atoms with Crippen molar-refractivity contribution in [1.29, 1.82) is 0 Å². The highest BCUT2D eigenvalue weighted by Gasteiger charge is 2.15. The van der Waals surface area contributed by atoms with Crippen molar-refractivity contribution in [2.24, 2.45) is 5.73 Å². The second-order valence-corrected chi connectivity index (χ2v) is 5.47. The van der Waals surface area contributed by atoms with Crippen molar-refractivity contribution >= 4 is 28.7 Å². The van der Waals surface area contributed by atoms with E-state index in [9.17, 15) is 4.79 Å². The number of aryl methyl sites for hydroxylation is 1. The van der Waals surface area contributed by atoms with Gasteiger partial charge in [0, 0.05) is 11.1 Å². The number of aromatic nitrogens is 2. The van der Waals surface area contributed by atoms with Gasteiger partial charge in [0.15, 0.2) is 0 Å². The van der Waals surface area contributed by atoms with E-state index >= 15 is 0 Å². The van der Waals surface area contributed by atoms with Gasteiger partial charge in [0.25, 0.3) is 5.91 Å².